The molecule has 0 aromatic rings. The van der Waals surface area contributed by atoms with Crippen LogP contribution in [0.5, 0.6) is 0 Å². The van der Waals surface area contributed by atoms with E-state index in [1.54, 1.807) is 0 Å². The summed E-state index contributed by atoms with van der Waals surface area (Å²) in [5.41, 5.74) is 0. The van der Waals surface area contributed by atoms with Gasteiger partial charge in [0.1, 0.15) is 0 Å². The molecule has 0 aromatic carbocycles. The van der Waals surface area contributed by atoms with Crippen LogP contribution >= 0.6 is 0 Å². The summed E-state index contributed by atoms with van der Waals surface area (Å²) in [5, 5.41) is 27.3. The van der Waals surface area contributed by atoms with Gasteiger partial charge >= 0.3 is 9.05 Å². The Hall–Kier alpha value is -1.54. The van der Waals surface area contributed by atoms with Crippen molar-refractivity contribution in [2.24, 2.45) is 0 Å². The average Bonchev–Trinajstić information content (AvgIpc) is 1.50. The Morgan fingerprint density at radius 1 is 0.846 bits per heavy atom. The number of nitrogens with zero attached hydrogens (tertiary/aromatic N) is 2. The summed E-state index contributed by atoms with van der Waals surface area (Å²) in [5.74, 6) is 0. The molecule has 0 bridgehead atoms. The first-order valence-corrected chi connectivity index (χ1v) is 3.81. The topological polar surface area (TPSA) is 208 Å². The van der Waals surface area contributed by atoms with Crippen LogP contribution in [0.15, 0.2) is 0 Å². The maximum Gasteiger partial charge on any atom is 0.668 e. The molecule has 0 amide bonds. The van der Waals surface area contributed by atoms with E-state index in [9.17, 15) is 0 Å². The van der Waals surface area contributed by atoms with Crippen LogP contribution in [0.2, 0.25) is 0 Å². The lowest BCUT2D eigenvalue weighted by atomic mass is 13.1. The Morgan fingerprint density at radius 3 is 0.846 bits per heavy atom. The molecule has 0 aromatic heterocycles. The molecule has 0 aliphatic carbocycles. The van der Waals surface area contributed by atoms with Crippen molar-refractivity contribution in [3.05, 3.63) is 20.2 Å². The minimum absolute atomic E-state index is 1.50. The molecule has 0 aliphatic heterocycles. The third-order valence-corrected chi connectivity index (χ3v) is 0. The predicted octanol–water partition coefficient (Wildman–Crippen LogP) is -3.30. The van der Waals surface area contributed by atoms with Gasteiger partial charge < -0.3 is 29.6 Å². The van der Waals surface area contributed by atoms with Gasteiger partial charge in [0.15, 0.2) is 0 Å². The average molecular weight is 222 g/mol. The molecule has 0 saturated heterocycles. The standard InChI is InChI=1S/2HNO3.H4O4Si/c2*2-1(3)4;1-5(2,3)4/h2*(H,2,3,4);1-4H. The maximum absolute atomic E-state index is 8.36. The largest absolute Gasteiger partial charge is 0.668 e. The monoisotopic (exact) mass is 222 g/mol. The molecule has 0 rings (SSSR count). The molecule has 0 spiro atoms. The quantitative estimate of drug-likeness (QED) is 0.136. The van der Waals surface area contributed by atoms with Gasteiger partial charge in [-0.3, -0.25) is 0 Å². The Morgan fingerprint density at radius 2 is 0.846 bits per heavy atom. The Bertz CT molecular complexity index is 119. The molecule has 0 atom stereocenters. The highest BCUT2D eigenvalue weighted by Gasteiger charge is 2.22. The van der Waals surface area contributed by atoms with Crippen LogP contribution in [0, 0.1) is 20.2 Å². The lowest BCUT2D eigenvalue weighted by molar-refractivity contribution is -0.742. The second-order valence-corrected chi connectivity index (χ2v) is 2.28. The summed E-state index contributed by atoms with van der Waals surface area (Å²) in [7, 11) is -4.61. The normalized spacial score (nSPS) is 8.31. The van der Waals surface area contributed by atoms with Gasteiger partial charge in [0.25, 0.3) is 10.2 Å². The molecule has 0 heterocycles. The molecule has 0 aliphatic rings. The SMILES string of the molecule is O=[N+]([O-])O.O=[N+]([O-])O.O[Si](O)(O)O. The van der Waals surface area contributed by atoms with Crippen molar-refractivity contribution in [2.75, 3.05) is 0 Å². The zero-order valence-corrected chi connectivity index (χ0v) is 6.71. The van der Waals surface area contributed by atoms with Crippen molar-refractivity contribution in [1.29, 1.82) is 0 Å². The van der Waals surface area contributed by atoms with Crippen molar-refractivity contribution in [1.82, 2.24) is 0 Å². The zero-order valence-electron chi connectivity index (χ0n) is 5.71. The van der Waals surface area contributed by atoms with Crippen molar-refractivity contribution >= 4 is 9.05 Å². The van der Waals surface area contributed by atoms with Gasteiger partial charge in [-0.25, -0.2) is 0 Å². The highest BCUT2D eigenvalue weighted by molar-refractivity contribution is 6.46. The van der Waals surface area contributed by atoms with Crippen LogP contribution in [-0.4, -0.2) is 48.8 Å². The molecule has 0 radical (unpaired) electrons. The van der Waals surface area contributed by atoms with Gasteiger partial charge in [0, 0.05) is 0 Å². The Balaban J connectivity index is -0.000000117. The van der Waals surface area contributed by atoms with Gasteiger partial charge in [-0.15, -0.1) is 20.2 Å². The highest BCUT2D eigenvalue weighted by Crippen LogP contribution is 1.67. The molecule has 6 N–H and O–H groups in total. The summed E-state index contributed by atoms with van der Waals surface area (Å²) >= 11 is 0. The third-order valence-electron chi connectivity index (χ3n) is 0. The molecular weight excluding hydrogens is 216 g/mol. The molecule has 0 fully saturated rings. The summed E-state index contributed by atoms with van der Waals surface area (Å²) in [4.78, 5) is 46.0. The third kappa shape index (κ3) is 314. The first-order valence-electron chi connectivity index (χ1n) is 2.02. The van der Waals surface area contributed by atoms with Gasteiger partial charge in [-0.05, 0) is 0 Å². The number of hydrogen-bond acceptors (Lipinski definition) is 8. The van der Waals surface area contributed by atoms with Crippen LogP contribution in [-0.2, 0) is 0 Å². The smallest absolute Gasteiger partial charge is 0.368 e. The van der Waals surface area contributed by atoms with E-state index in [0.29, 0.717) is 0 Å². The first-order chi connectivity index (χ1) is 5.46. The van der Waals surface area contributed by atoms with E-state index >= 15 is 0 Å². The second-order valence-electron chi connectivity index (χ2n) is 1.08. The van der Waals surface area contributed by atoms with Crippen LogP contribution in [0.4, 0.5) is 0 Å². The minimum Gasteiger partial charge on any atom is -0.368 e. The van der Waals surface area contributed by atoms with Gasteiger partial charge in [-0.2, -0.15) is 0 Å². The summed E-state index contributed by atoms with van der Waals surface area (Å²) in [6, 6.07) is 0. The van der Waals surface area contributed by atoms with E-state index < -0.39 is 19.2 Å². The van der Waals surface area contributed by atoms with Crippen molar-refractivity contribution in [3.63, 3.8) is 0 Å². The number of rotatable bonds is 0. The van der Waals surface area contributed by atoms with Crippen LogP contribution in [0.25, 0.3) is 0 Å². The molecule has 80 valence electrons. The molecular formula is H6N2O10Si. The van der Waals surface area contributed by atoms with Crippen LogP contribution in [0.1, 0.15) is 0 Å². The first kappa shape index (κ1) is 17.5. The van der Waals surface area contributed by atoms with E-state index in [1.165, 1.54) is 0 Å². The second kappa shape index (κ2) is 8.55. The minimum atomic E-state index is -4.61. The van der Waals surface area contributed by atoms with Crippen molar-refractivity contribution < 1.29 is 39.8 Å². The maximum atomic E-state index is 8.36. The Kier molecular flexibility index (Phi) is 11.5. The van der Waals surface area contributed by atoms with E-state index in [4.69, 9.17) is 49.8 Å². The van der Waals surface area contributed by atoms with Crippen LogP contribution in [0.3, 0.4) is 0 Å². The van der Waals surface area contributed by atoms with Crippen molar-refractivity contribution in [3.8, 4) is 0 Å². The highest BCUT2D eigenvalue weighted by atomic mass is 28.4. The van der Waals surface area contributed by atoms with E-state index in [2.05, 4.69) is 0 Å². The lowest BCUT2D eigenvalue weighted by Gasteiger charge is -1.91. The fourth-order valence-electron chi connectivity index (χ4n) is 0. The molecule has 0 saturated carbocycles. The zero-order chi connectivity index (χ0) is 11.7. The van der Waals surface area contributed by atoms with Gasteiger partial charge in [0.05, 0.1) is 0 Å². The summed E-state index contributed by atoms with van der Waals surface area (Å²) in [6.45, 7) is 0. The van der Waals surface area contributed by atoms with Crippen LogP contribution < -0.4 is 0 Å². The van der Waals surface area contributed by atoms with E-state index in [1.807, 2.05) is 0 Å². The molecule has 13 heteroatoms. The van der Waals surface area contributed by atoms with E-state index in [-0.39, 0.29) is 0 Å². The summed E-state index contributed by atoms with van der Waals surface area (Å²) in [6.07, 6.45) is 0. The fourth-order valence-corrected chi connectivity index (χ4v) is 0. The Labute approximate surface area is 70.2 Å². The lowest BCUT2D eigenvalue weighted by Crippen LogP contribution is -2.33. The number of hydrogen-bond donors (Lipinski definition) is 6. The molecule has 13 heavy (non-hydrogen) atoms. The fraction of sp³-hybridized carbons (Fsp3) is 0. The van der Waals surface area contributed by atoms with E-state index in [0.717, 1.165) is 0 Å². The molecule has 0 unspecified atom stereocenters. The molecule has 12 nitrogen and oxygen atoms in total. The summed E-state index contributed by atoms with van der Waals surface area (Å²) < 4.78 is 0. The van der Waals surface area contributed by atoms with Crippen molar-refractivity contribution in [2.45, 2.75) is 0 Å². The van der Waals surface area contributed by atoms with Gasteiger partial charge in [0.2, 0.25) is 0 Å². The predicted molar refractivity (Wildman–Crippen MR) is 32.2 cm³/mol. The van der Waals surface area contributed by atoms with Gasteiger partial charge in [-0.1, -0.05) is 0 Å².